The van der Waals surface area contributed by atoms with Crippen LogP contribution in [0.15, 0.2) is 30.3 Å². The summed E-state index contributed by atoms with van der Waals surface area (Å²) in [4.78, 5) is 24.5. The summed E-state index contributed by atoms with van der Waals surface area (Å²) >= 11 is 0. The minimum atomic E-state index is -4.38. The molecule has 9 heteroatoms. The minimum absolute atomic E-state index is 0.0790. The Morgan fingerprint density at radius 1 is 1.21 bits per heavy atom. The summed E-state index contributed by atoms with van der Waals surface area (Å²) in [5.74, 6) is -0.404. The van der Waals surface area contributed by atoms with E-state index in [-0.39, 0.29) is 26.2 Å². The Kier molecular flexibility index (Phi) is 6.02. The van der Waals surface area contributed by atoms with Gasteiger partial charge in [-0.3, -0.25) is 4.79 Å². The highest BCUT2D eigenvalue weighted by Gasteiger charge is 2.35. The lowest BCUT2D eigenvalue weighted by Crippen LogP contribution is -2.57. The highest BCUT2D eigenvalue weighted by molar-refractivity contribution is 5.82. The summed E-state index contributed by atoms with van der Waals surface area (Å²) in [5, 5.41) is 2.30. The topological polar surface area (TPSA) is 67.9 Å². The Morgan fingerprint density at radius 3 is 2.50 bits per heavy atom. The molecule has 6 nitrogen and oxygen atoms in total. The number of nitrogens with zero attached hydrogens (tertiary/aromatic N) is 1. The van der Waals surface area contributed by atoms with Crippen molar-refractivity contribution in [2.75, 3.05) is 26.2 Å². The number of rotatable bonds is 6. The molecule has 0 radical (unpaired) electrons. The Bertz CT molecular complexity index is 560. The third-order valence-electron chi connectivity index (χ3n) is 3.28. The lowest BCUT2D eigenvalue weighted by Gasteiger charge is -2.38. The van der Waals surface area contributed by atoms with Crippen molar-refractivity contribution >= 4 is 12.0 Å². The van der Waals surface area contributed by atoms with Crippen molar-refractivity contribution in [2.24, 2.45) is 0 Å². The molecule has 0 bridgehead atoms. The van der Waals surface area contributed by atoms with Gasteiger partial charge in [0.1, 0.15) is 19.8 Å². The van der Waals surface area contributed by atoms with E-state index in [1.54, 1.807) is 24.3 Å². The number of benzene rings is 1. The van der Waals surface area contributed by atoms with Gasteiger partial charge in [-0.25, -0.2) is 4.79 Å². The Labute approximate surface area is 136 Å². The van der Waals surface area contributed by atoms with Gasteiger partial charge < -0.3 is 19.7 Å². The Morgan fingerprint density at radius 2 is 1.88 bits per heavy atom. The number of nitrogens with one attached hydrogen (secondary N) is 1. The van der Waals surface area contributed by atoms with E-state index >= 15 is 0 Å². The lowest BCUT2D eigenvalue weighted by molar-refractivity contribution is -0.199. The number of halogens is 3. The molecule has 1 fully saturated rings. The zero-order valence-corrected chi connectivity index (χ0v) is 12.7. The van der Waals surface area contributed by atoms with E-state index in [1.807, 2.05) is 6.07 Å². The zero-order valence-electron chi connectivity index (χ0n) is 12.7. The summed E-state index contributed by atoms with van der Waals surface area (Å²) in [5.41, 5.74) is 0.811. The molecule has 1 aromatic carbocycles. The summed E-state index contributed by atoms with van der Waals surface area (Å²) in [7, 11) is 0. The normalized spacial score (nSPS) is 14.9. The smallest absolute Gasteiger partial charge is 0.411 e. The third-order valence-corrected chi connectivity index (χ3v) is 3.28. The van der Waals surface area contributed by atoms with Crippen LogP contribution in [0.3, 0.4) is 0 Å². The second-order valence-corrected chi connectivity index (χ2v) is 5.26. The van der Waals surface area contributed by atoms with Gasteiger partial charge in [-0.1, -0.05) is 30.3 Å². The highest BCUT2D eigenvalue weighted by atomic mass is 19.4. The van der Waals surface area contributed by atoms with Crippen molar-refractivity contribution in [3.63, 3.8) is 0 Å². The second-order valence-electron chi connectivity index (χ2n) is 5.26. The number of alkyl halides is 3. The average molecular weight is 346 g/mol. The zero-order chi connectivity index (χ0) is 17.6. The van der Waals surface area contributed by atoms with Gasteiger partial charge in [0.15, 0.2) is 0 Å². The van der Waals surface area contributed by atoms with Gasteiger partial charge >= 0.3 is 12.3 Å². The summed E-state index contributed by atoms with van der Waals surface area (Å²) < 4.78 is 45.5. The fourth-order valence-corrected chi connectivity index (χ4v) is 1.99. The van der Waals surface area contributed by atoms with Crippen molar-refractivity contribution in [1.29, 1.82) is 0 Å². The standard InChI is InChI=1S/C15H17F3N2O4/c16-15(17,18)10-24-12-7-20(8-12)13(21)6-19-14(22)23-9-11-4-2-1-3-5-11/h1-5,12H,6-10H2,(H,19,22). The molecule has 1 aliphatic heterocycles. The van der Waals surface area contributed by atoms with E-state index in [2.05, 4.69) is 10.1 Å². The van der Waals surface area contributed by atoms with Crippen molar-refractivity contribution in [2.45, 2.75) is 18.9 Å². The van der Waals surface area contributed by atoms with Crippen LogP contribution >= 0.6 is 0 Å². The molecule has 0 spiro atoms. The van der Waals surface area contributed by atoms with Crippen molar-refractivity contribution < 1.29 is 32.2 Å². The molecular formula is C15H17F3N2O4. The fourth-order valence-electron chi connectivity index (χ4n) is 1.99. The van der Waals surface area contributed by atoms with E-state index in [0.717, 1.165) is 5.56 Å². The number of ether oxygens (including phenoxy) is 2. The van der Waals surface area contributed by atoms with Gasteiger partial charge in [0.05, 0.1) is 6.10 Å². The Hall–Kier alpha value is -2.29. The van der Waals surface area contributed by atoms with E-state index in [1.165, 1.54) is 4.90 Å². The van der Waals surface area contributed by atoms with Gasteiger partial charge in [-0.2, -0.15) is 13.2 Å². The van der Waals surface area contributed by atoms with Crippen molar-refractivity contribution in [3.8, 4) is 0 Å². The first kappa shape index (κ1) is 18.1. The molecule has 1 saturated heterocycles. The van der Waals surface area contributed by atoms with Gasteiger partial charge in [-0.05, 0) is 5.56 Å². The van der Waals surface area contributed by atoms with Crippen LogP contribution in [-0.4, -0.2) is 55.4 Å². The van der Waals surface area contributed by atoms with E-state index in [9.17, 15) is 22.8 Å². The molecule has 132 valence electrons. The maximum Gasteiger partial charge on any atom is 0.411 e. The second kappa shape index (κ2) is 8.00. The Balaban J connectivity index is 1.58. The first-order valence-corrected chi connectivity index (χ1v) is 7.24. The molecule has 24 heavy (non-hydrogen) atoms. The number of hydrogen-bond acceptors (Lipinski definition) is 4. The fraction of sp³-hybridized carbons (Fsp3) is 0.467. The summed E-state index contributed by atoms with van der Waals surface area (Å²) in [6.45, 7) is -1.37. The van der Waals surface area contributed by atoms with Gasteiger partial charge in [0.25, 0.3) is 0 Å². The predicted molar refractivity (Wildman–Crippen MR) is 77.0 cm³/mol. The first-order chi connectivity index (χ1) is 11.3. The molecule has 1 aromatic rings. The van der Waals surface area contributed by atoms with Crippen LogP contribution in [0.25, 0.3) is 0 Å². The van der Waals surface area contributed by atoms with Crippen LogP contribution in [-0.2, 0) is 20.9 Å². The SMILES string of the molecule is O=C(NCC(=O)N1CC(OCC(F)(F)F)C1)OCc1ccccc1. The number of hydrogen-bond donors (Lipinski definition) is 1. The molecule has 0 aliphatic carbocycles. The number of likely N-dealkylation sites (tertiary alicyclic amines) is 1. The molecule has 2 rings (SSSR count). The van der Waals surface area contributed by atoms with Crippen molar-refractivity contribution in [3.05, 3.63) is 35.9 Å². The predicted octanol–water partition coefficient (Wildman–Crippen LogP) is 1.70. The highest BCUT2D eigenvalue weighted by Crippen LogP contribution is 2.19. The number of carbonyl (C=O) groups excluding carboxylic acids is 2. The van der Waals surface area contributed by atoms with Gasteiger partial charge in [0.2, 0.25) is 5.91 Å². The molecule has 0 saturated carbocycles. The quantitative estimate of drug-likeness (QED) is 0.851. The number of carbonyl (C=O) groups is 2. The molecule has 1 aliphatic rings. The molecule has 1 N–H and O–H groups in total. The molecule has 1 heterocycles. The summed E-state index contributed by atoms with van der Waals surface area (Å²) in [6, 6.07) is 9.03. The average Bonchev–Trinajstić information content (AvgIpc) is 2.49. The third kappa shape index (κ3) is 6.07. The minimum Gasteiger partial charge on any atom is -0.445 e. The van der Waals surface area contributed by atoms with E-state index in [0.29, 0.717) is 0 Å². The molecule has 0 aromatic heterocycles. The van der Waals surface area contributed by atoms with Crippen LogP contribution in [0.4, 0.5) is 18.0 Å². The van der Waals surface area contributed by atoms with Gasteiger partial charge in [-0.15, -0.1) is 0 Å². The largest absolute Gasteiger partial charge is 0.445 e. The van der Waals surface area contributed by atoms with Crippen LogP contribution in [0, 0.1) is 0 Å². The number of alkyl carbamates (subject to hydrolysis) is 1. The van der Waals surface area contributed by atoms with Crippen LogP contribution < -0.4 is 5.32 Å². The molecular weight excluding hydrogens is 329 g/mol. The van der Waals surface area contributed by atoms with Crippen LogP contribution in [0.1, 0.15) is 5.56 Å². The lowest BCUT2D eigenvalue weighted by atomic mass is 10.1. The van der Waals surface area contributed by atoms with E-state index < -0.39 is 30.9 Å². The maximum atomic E-state index is 12.0. The van der Waals surface area contributed by atoms with Crippen LogP contribution in [0.2, 0.25) is 0 Å². The van der Waals surface area contributed by atoms with Gasteiger partial charge in [0, 0.05) is 13.1 Å². The van der Waals surface area contributed by atoms with Crippen LogP contribution in [0.5, 0.6) is 0 Å². The van der Waals surface area contributed by atoms with Crippen molar-refractivity contribution in [1.82, 2.24) is 10.2 Å². The van der Waals surface area contributed by atoms with E-state index in [4.69, 9.17) is 4.74 Å². The molecule has 0 atom stereocenters. The summed E-state index contributed by atoms with van der Waals surface area (Å²) in [6.07, 6.45) is -5.74. The maximum absolute atomic E-state index is 12.0. The number of amides is 2. The molecule has 2 amide bonds. The molecule has 0 unspecified atom stereocenters. The monoisotopic (exact) mass is 346 g/mol. The first-order valence-electron chi connectivity index (χ1n) is 7.24.